The highest BCUT2D eigenvalue weighted by atomic mass is 16.5. The molecule has 0 radical (unpaired) electrons. The van der Waals surface area contributed by atoms with Gasteiger partial charge in [0.1, 0.15) is 18.2 Å². The molecule has 0 unspecified atom stereocenters. The number of nitrogens with zero attached hydrogens (tertiary/aromatic N) is 3. The molecule has 6 heteroatoms. The highest BCUT2D eigenvalue weighted by molar-refractivity contribution is 5.73. The van der Waals surface area contributed by atoms with Gasteiger partial charge in [-0.3, -0.25) is 4.79 Å². The van der Waals surface area contributed by atoms with Crippen LogP contribution in [0.25, 0.3) is 0 Å². The molecule has 0 aromatic carbocycles. The van der Waals surface area contributed by atoms with Crippen molar-refractivity contribution in [1.82, 2.24) is 9.97 Å². The van der Waals surface area contributed by atoms with E-state index in [0.29, 0.717) is 24.8 Å². The molecule has 0 amide bonds. The Morgan fingerprint density at radius 3 is 2.71 bits per heavy atom. The van der Waals surface area contributed by atoms with E-state index in [0.717, 1.165) is 5.69 Å². The van der Waals surface area contributed by atoms with Crippen LogP contribution < -0.4 is 4.90 Å². The fourth-order valence-corrected chi connectivity index (χ4v) is 1.50. The molecule has 1 aromatic heterocycles. The lowest BCUT2D eigenvalue weighted by Crippen LogP contribution is -2.33. The van der Waals surface area contributed by atoms with Crippen molar-refractivity contribution in [1.29, 1.82) is 0 Å². The van der Waals surface area contributed by atoms with Crippen LogP contribution in [0.3, 0.4) is 0 Å². The highest BCUT2D eigenvalue weighted by Gasteiger charge is 2.12. The third-order valence-corrected chi connectivity index (χ3v) is 2.17. The summed E-state index contributed by atoms with van der Waals surface area (Å²) in [5, 5.41) is 8.86. The number of carboxylic acid groups (broad SMARTS) is 1. The molecule has 1 aromatic rings. The summed E-state index contributed by atoms with van der Waals surface area (Å²) < 4.78 is 4.96. The first-order chi connectivity index (χ1) is 8.02. The summed E-state index contributed by atoms with van der Waals surface area (Å²) in [6.07, 6.45) is 0. The fraction of sp³-hybridized carbons (Fsp3) is 0.545. The minimum atomic E-state index is -0.893. The van der Waals surface area contributed by atoms with Gasteiger partial charge in [0.2, 0.25) is 0 Å². The topological polar surface area (TPSA) is 75.5 Å². The number of rotatable bonds is 6. The summed E-state index contributed by atoms with van der Waals surface area (Å²) in [7, 11) is 1.58. The van der Waals surface area contributed by atoms with Crippen LogP contribution >= 0.6 is 0 Å². The van der Waals surface area contributed by atoms with Gasteiger partial charge in [0, 0.05) is 25.4 Å². The SMILES string of the molecule is COCCN(CC(=O)O)c1cc(C)nc(C)n1. The van der Waals surface area contributed by atoms with Crippen molar-refractivity contribution in [2.75, 3.05) is 31.7 Å². The van der Waals surface area contributed by atoms with Crippen LogP contribution in [0, 0.1) is 13.8 Å². The van der Waals surface area contributed by atoms with Crippen molar-refractivity contribution in [3.8, 4) is 0 Å². The molecular formula is C11H17N3O3. The van der Waals surface area contributed by atoms with E-state index in [2.05, 4.69) is 9.97 Å². The Bertz CT molecular complexity index is 375. The zero-order valence-corrected chi connectivity index (χ0v) is 10.3. The minimum Gasteiger partial charge on any atom is -0.480 e. The third kappa shape index (κ3) is 4.36. The maximum atomic E-state index is 10.8. The highest BCUT2D eigenvalue weighted by Crippen LogP contribution is 2.11. The Labute approximate surface area is 100 Å². The number of hydrogen-bond donors (Lipinski definition) is 1. The molecular weight excluding hydrogens is 222 g/mol. The quantitative estimate of drug-likeness (QED) is 0.784. The van der Waals surface area contributed by atoms with Gasteiger partial charge in [0.25, 0.3) is 0 Å². The molecule has 1 rings (SSSR count). The summed E-state index contributed by atoms with van der Waals surface area (Å²) in [6.45, 7) is 4.48. The molecule has 0 atom stereocenters. The standard InChI is InChI=1S/C11H17N3O3/c1-8-6-10(13-9(2)12-8)14(4-5-17-3)7-11(15)16/h6H,4-5,7H2,1-3H3,(H,15,16). The van der Waals surface area contributed by atoms with E-state index < -0.39 is 5.97 Å². The van der Waals surface area contributed by atoms with Crippen LogP contribution in [0.4, 0.5) is 5.82 Å². The van der Waals surface area contributed by atoms with Crippen molar-refractivity contribution in [2.24, 2.45) is 0 Å². The minimum absolute atomic E-state index is 0.0980. The van der Waals surface area contributed by atoms with E-state index in [4.69, 9.17) is 9.84 Å². The zero-order chi connectivity index (χ0) is 12.8. The first kappa shape index (κ1) is 13.4. The van der Waals surface area contributed by atoms with E-state index in [1.807, 2.05) is 6.92 Å². The Morgan fingerprint density at radius 1 is 1.47 bits per heavy atom. The number of aromatic nitrogens is 2. The Kier molecular flexibility index (Phi) is 4.84. The molecule has 0 aliphatic heterocycles. The summed E-state index contributed by atoms with van der Waals surface area (Å²) in [5.74, 6) is 0.359. The van der Waals surface area contributed by atoms with Gasteiger partial charge < -0.3 is 14.7 Å². The lowest BCUT2D eigenvalue weighted by molar-refractivity contribution is -0.135. The maximum Gasteiger partial charge on any atom is 0.323 e. The van der Waals surface area contributed by atoms with Gasteiger partial charge in [-0.05, 0) is 13.8 Å². The zero-order valence-electron chi connectivity index (χ0n) is 10.3. The summed E-state index contributed by atoms with van der Waals surface area (Å²) in [5.41, 5.74) is 0.820. The second kappa shape index (κ2) is 6.15. The predicted octanol–water partition coefficient (Wildman–Crippen LogP) is 0.631. The normalized spacial score (nSPS) is 10.3. The van der Waals surface area contributed by atoms with Crippen molar-refractivity contribution >= 4 is 11.8 Å². The molecule has 1 heterocycles. The van der Waals surface area contributed by atoms with Crippen LogP contribution in [0.15, 0.2) is 6.07 Å². The molecule has 0 saturated carbocycles. The van der Waals surface area contributed by atoms with Crippen LogP contribution in [-0.4, -0.2) is 47.8 Å². The van der Waals surface area contributed by atoms with Gasteiger partial charge in [-0.2, -0.15) is 0 Å². The van der Waals surface area contributed by atoms with Gasteiger partial charge in [0.05, 0.1) is 6.61 Å². The second-order valence-corrected chi connectivity index (χ2v) is 3.72. The summed E-state index contributed by atoms with van der Waals surface area (Å²) in [6, 6.07) is 1.77. The van der Waals surface area contributed by atoms with E-state index in [1.165, 1.54) is 0 Å². The monoisotopic (exact) mass is 239 g/mol. The Balaban J connectivity index is 2.90. The number of aryl methyl sites for hydroxylation is 2. The number of ether oxygens (including phenoxy) is 1. The lowest BCUT2D eigenvalue weighted by Gasteiger charge is -2.21. The number of carboxylic acids is 1. The molecule has 0 saturated heterocycles. The first-order valence-corrected chi connectivity index (χ1v) is 5.31. The third-order valence-electron chi connectivity index (χ3n) is 2.17. The number of carbonyl (C=O) groups is 1. The lowest BCUT2D eigenvalue weighted by atomic mass is 10.3. The van der Waals surface area contributed by atoms with Crippen molar-refractivity contribution in [3.63, 3.8) is 0 Å². The predicted molar refractivity (Wildman–Crippen MR) is 63.2 cm³/mol. The molecule has 1 N–H and O–H groups in total. The van der Waals surface area contributed by atoms with Gasteiger partial charge in [-0.1, -0.05) is 0 Å². The molecule has 0 aliphatic rings. The summed E-state index contributed by atoms with van der Waals surface area (Å²) in [4.78, 5) is 20.8. The van der Waals surface area contributed by atoms with E-state index in [9.17, 15) is 4.79 Å². The number of methoxy groups -OCH3 is 1. The molecule has 0 fully saturated rings. The van der Waals surface area contributed by atoms with E-state index in [-0.39, 0.29) is 6.54 Å². The van der Waals surface area contributed by atoms with E-state index in [1.54, 1.807) is 25.0 Å². The number of hydrogen-bond acceptors (Lipinski definition) is 5. The smallest absolute Gasteiger partial charge is 0.323 e. The van der Waals surface area contributed by atoms with Crippen LogP contribution in [0.1, 0.15) is 11.5 Å². The molecule has 17 heavy (non-hydrogen) atoms. The largest absolute Gasteiger partial charge is 0.480 e. The summed E-state index contributed by atoms with van der Waals surface area (Å²) >= 11 is 0. The molecule has 0 aliphatic carbocycles. The Morgan fingerprint density at radius 2 is 2.18 bits per heavy atom. The Hall–Kier alpha value is -1.69. The molecule has 0 bridgehead atoms. The van der Waals surface area contributed by atoms with Crippen molar-refractivity contribution in [3.05, 3.63) is 17.6 Å². The van der Waals surface area contributed by atoms with Gasteiger partial charge in [0.15, 0.2) is 0 Å². The van der Waals surface area contributed by atoms with Crippen LogP contribution in [-0.2, 0) is 9.53 Å². The van der Waals surface area contributed by atoms with Crippen LogP contribution in [0.2, 0.25) is 0 Å². The average molecular weight is 239 g/mol. The number of anilines is 1. The fourth-order valence-electron chi connectivity index (χ4n) is 1.50. The van der Waals surface area contributed by atoms with Gasteiger partial charge in [-0.25, -0.2) is 9.97 Å². The second-order valence-electron chi connectivity index (χ2n) is 3.72. The molecule has 94 valence electrons. The molecule has 0 spiro atoms. The van der Waals surface area contributed by atoms with Crippen molar-refractivity contribution < 1.29 is 14.6 Å². The average Bonchev–Trinajstić information content (AvgIpc) is 2.22. The van der Waals surface area contributed by atoms with Gasteiger partial charge >= 0.3 is 5.97 Å². The first-order valence-electron chi connectivity index (χ1n) is 5.31. The van der Waals surface area contributed by atoms with E-state index >= 15 is 0 Å². The maximum absolute atomic E-state index is 10.8. The molecule has 6 nitrogen and oxygen atoms in total. The number of aliphatic carboxylic acids is 1. The van der Waals surface area contributed by atoms with Crippen molar-refractivity contribution in [2.45, 2.75) is 13.8 Å². The van der Waals surface area contributed by atoms with Crippen LogP contribution in [0.5, 0.6) is 0 Å². The van der Waals surface area contributed by atoms with Gasteiger partial charge in [-0.15, -0.1) is 0 Å².